The van der Waals surface area contributed by atoms with Gasteiger partial charge in [-0.15, -0.1) is 0 Å². The molecule has 0 spiro atoms. The van der Waals surface area contributed by atoms with Gasteiger partial charge in [0.25, 0.3) is 0 Å². The van der Waals surface area contributed by atoms with Crippen molar-refractivity contribution in [1.29, 1.82) is 0 Å². The van der Waals surface area contributed by atoms with Crippen molar-refractivity contribution in [1.82, 2.24) is 9.80 Å². The molecule has 122 valence electrons. The maximum absolute atomic E-state index is 5.74. The zero-order valence-corrected chi connectivity index (χ0v) is 14.8. The summed E-state index contributed by atoms with van der Waals surface area (Å²) in [5.74, 6) is 0.977. The second-order valence-corrected chi connectivity index (χ2v) is 7.08. The molecular weight excluding hydrogens is 344 g/mol. The third-order valence-electron chi connectivity index (χ3n) is 4.59. The topological polar surface area (TPSA) is 24.9 Å². The molecule has 0 amide bonds. The van der Waals surface area contributed by atoms with Gasteiger partial charge in [-0.05, 0) is 31.0 Å². The highest BCUT2D eigenvalue weighted by molar-refractivity contribution is 9.10. The molecule has 5 heteroatoms. The number of nitrogens with zero attached hydrogens (tertiary/aromatic N) is 2. The smallest absolute Gasteiger partial charge is 0.123 e. The van der Waals surface area contributed by atoms with Crippen LogP contribution in [0.5, 0.6) is 5.75 Å². The Labute approximate surface area is 141 Å². The summed E-state index contributed by atoms with van der Waals surface area (Å²) >= 11 is 3.55. The van der Waals surface area contributed by atoms with Gasteiger partial charge in [-0.25, -0.2) is 0 Å². The first-order chi connectivity index (χ1) is 10.7. The third kappa shape index (κ3) is 4.22. The molecule has 0 aliphatic carbocycles. The van der Waals surface area contributed by atoms with Gasteiger partial charge in [0.15, 0.2) is 0 Å². The van der Waals surface area contributed by atoms with Gasteiger partial charge in [-0.3, -0.25) is 9.80 Å². The number of ether oxygens (including phenoxy) is 2. The van der Waals surface area contributed by atoms with E-state index in [-0.39, 0.29) is 0 Å². The lowest BCUT2D eigenvalue weighted by molar-refractivity contribution is 0.0488. The van der Waals surface area contributed by atoms with E-state index in [9.17, 15) is 0 Å². The number of halogens is 1. The van der Waals surface area contributed by atoms with Crippen LogP contribution in [-0.4, -0.2) is 62.3 Å². The van der Waals surface area contributed by atoms with Crippen molar-refractivity contribution in [3.63, 3.8) is 0 Å². The summed E-state index contributed by atoms with van der Waals surface area (Å²) < 4.78 is 12.3. The van der Waals surface area contributed by atoms with E-state index in [4.69, 9.17) is 9.47 Å². The van der Waals surface area contributed by atoms with Crippen LogP contribution in [0.15, 0.2) is 22.7 Å². The van der Waals surface area contributed by atoms with Crippen LogP contribution >= 0.6 is 15.9 Å². The highest BCUT2D eigenvalue weighted by atomic mass is 79.9. The quantitative estimate of drug-likeness (QED) is 0.797. The molecule has 1 aromatic rings. The van der Waals surface area contributed by atoms with E-state index in [2.05, 4.69) is 31.8 Å². The van der Waals surface area contributed by atoms with Crippen LogP contribution in [0.4, 0.5) is 0 Å². The molecule has 0 saturated carbocycles. The second-order valence-electron chi connectivity index (χ2n) is 6.17. The van der Waals surface area contributed by atoms with Crippen LogP contribution in [0, 0.1) is 0 Å². The van der Waals surface area contributed by atoms with Crippen LogP contribution in [0.3, 0.4) is 0 Å². The van der Waals surface area contributed by atoms with Crippen molar-refractivity contribution in [2.45, 2.75) is 25.5 Å². The van der Waals surface area contributed by atoms with Gasteiger partial charge in [0.2, 0.25) is 0 Å². The molecule has 2 aliphatic heterocycles. The first-order valence-electron chi connectivity index (χ1n) is 8.13. The van der Waals surface area contributed by atoms with Crippen molar-refractivity contribution in [3.05, 3.63) is 28.2 Å². The summed E-state index contributed by atoms with van der Waals surface area (Å²) in [4.78, 5) is 5.06. The van der Waals surface area contributed by atoms with Gasteiger partial charge < -0.3 is 9.47 Å². The summed E-state index contributed by atoms with van der Waals surface area (Å²) in [5.41, 5.74) is 1.25. The second kappa shape index (κ2) is 7.77. The molecule has 2 heterocycles. The summed E-state index contributed by atoms with van der Waals surface area (Å²) in [5, 5.41) is 0. The van der Waals surface area contributed by atoms with Gasteiger partial charge in [-0.2, -0.15) is 0 Å². The Balaban J connectivity index is 1.50. The zero-order chi connectivity index (χ0) is 15.4. The van der Waals surface area contributed by atoms with Crippen molar-refractivity contribution < 1.29 is 9.47 Å². The summed E-state index contributed by atoms with van der Waals surface area (Å²) in [6, 6.07) is 6.23. The lowest BCUT2D eigenvalue weighted by atomic mass is 10.1. The fourth-order valence-electron chi connectivity index (χ4n) is 3.32. The van der Waals surface area contributed by atoms with E-state index in [0.29, 0.717) is 6.10 Å². The van der Waals surface area contributed by atoms with E-state index in [1.54, 1.807) is 7.11 Å². The molecule has 22 heavy (non-hydrogen) atoms. The molecule has 2 saturated heterocycles. The number of methoxy groups -OCH3 is 1. The lowest BCUT2D eigenvalue weighted by Crippen LogP contribution is -2.48. The standard InChI is InChI=1S/C17H25BrN2O2/c1-21-17-5-4-15(18)11-14(17)12-19-6-8-20(9-7-19)13-16-3-2-10-22-16/h4-5,11,16H,2-3,6-10,12-13H2,1H3. The van der Waals surface area contributed by atoms with Crippen LogP contribution in [0.2, 0.25) is 0 Å². The highest BCUT2D eigenvalue weighted by Gasteiger charge is 2.23. The minimum Gasteiger partial charge on any atom is -0.496 e. The molecule has 2 fully saturated rings. The largest absolute Gasteiger partial charge is 0.496 e. The number of hydrogen-bond donors (Lipinski definition) is 0. The fraction of sp³-hybridized carbons (Fsp3) is 0.647. The summed E-state index contributed by atoms with van der Waals surface area (Å²) in [7, 11) is 1.74. The van der Waals surface area contributed by atoms with Crippen molar-refractivity contribution in [2.75, 3.05) is 46.4 Å². The molecule has 0 radical (unpaired) electrons. The minimum atomic E-state index is 0.469. The molecule has 1 aromatic carbocycles. The Bertz CT molecular complexity index is 484. The minimum absolute atomic E-state index is 0.469. The van der Waals surface area contributed by atoms with Gasteiger partial charge in [0.05, 0.1) is 13.2 Å². The summed E-state index contributed by atoms with van der Waals surface area (Å²) in [6.07, 6.45) is 2.93. The normalized spacial score (nSPS) is 23.8. The first-order valence-corrected chi connectivity index (χ1v) is 8.92. The van der Waals surface area contributed by atoms with E-state index in [1.165, 1.54) is 18.4 Å². The zero-order valence-electron chi connectivity index (χ0n) is 13.3. The SMILES string of the molecule is COc1ccc(Br)cc1CN1CCN(CC2CCCO2)CC1. The predicted molar refractivity (Wildman–Crippen MR) is 91.4 cm³/mol. The fourth-order valence-corrected chi connectivity index (χ4v) is 3.73. The Hall–Kier alpha value is -0.620. The number of hydrogen-bond acceptors (Lipinski definition) is 4. The average Bonchev–Trinajstić information content (AvgIpc) is 3.02. The predicted octanol–water partition coefficient (Wildman–Crippen LogP) is 2.75. The van der Waals surface area contributed by atoms with Gasteiger partial charge >= 0.3 is 0 Å². The molecule has 3 rings (SSSR count). The molecule has 0 N–H and O–H groups in total. The molecule has 1 unspecified atom stereocenters. The van der Waals surface area contributed by atoms with E-state index in [0.717, 1.165) is 56.1 Å². The molecule has 2 aliphatic rings. The Morgan fingerprint density at radius 1 is 1.23 bits per heavy atom. The Morgan fingerprint density at radius 2 is 2.00 bits per heavy atom. The number of rotatable bonds is 5. The van der Waals surface area contributed by atoms with Gasteiger partial charge in [0.1, 0.15) is 5.75 Å². The van der Waals surface area contributed by atoms with Crippen LogP contribution in [-0.2, 0) is 11.3 Å². The third-order valence-corrected chi connectivity index (χ3v) is 5.08. The monoisotopic (exact) mass is 368 g/mol. The molecular formula is C17H25BrN2O2. The van der Waals surface area contributed by atoms with Gasteiger partial charge in [0, 0.05) is 55.9 Å². The molecule has 1 atom stereocenters. The first kappa shape index (κ1) is 16.2. The summed E-state index contributed by atoms with van der Waals surface area (Å²) in [6.45, 7) is 7.51. The maximum atomic E-state index is 5.74. The van der Waals surface area contributed by atoms with Crippen LogP contribution in [0.25, 0.3) is 0 Å². The number of piperazine rings is 1. The highest BCUT2D eigenvalue weighted by Crippen LogP contribution is 2.25. The molecule has 0 bridgehead atoms. The Morgan fingerprint density at radius 3 is 2.68 bits per heavy atom. The van der Waals surface area contributed by atoms with Crippen LogP contribution in [0.1, 0.15) is 18.4 Å². The molecule has 0 aromatic heterocycles. The van der Waals surface area contributed by atoms with Gasteiger partial charge in [-0.1, -0.05) is 15.9 Å². The maximum Gasteiger partial charge on any atom is 0.123 e. The van der Waals surface area contributed by atoms with Crippen molar-refractivity contribution in [2.24, 2.45) is 0 Å². The molecule has 4 nitrogen and oxygen atoms in total. The van der Waals surface area contributed by atoms with E-state index >= 15 is 0 Å². The Kier molecular flexibility index (Phi) is 5.74. The van der Waals surface area contributed by atoms with Crippen molar-refractivity contribution in [3.8, 4) is 5.75 Å². The number of benzene rings is 1. The van der Waals surface area contributed by atoms with Crippen molar-refractivity contribution >= 4 is 15.9 Å². The average molecular weight is 369 g/mol. The van der Waals surface area contributed by atoms with E-state index < -0.39 is 0 Å². The van der Waals surface area contributed by atoms with Crippen LogP contribution < -0.4 is 4.74 Å². The van der Waals surface area contributed by atoms with E-state index in [1.807, 2.05) is 12.1 Å². The lowest BCUT2D eigenvalue weighted by Gasteiger charge is -2.35.